The third-order valence-electron chi connectivity index (χ3n) is 2.79. The summed E-state index contributed by atoms with van der Waals surface area (Å²) in [7, 11) is -3.39. The molecule has 0 aromatic heterocycles. The molecule has 0 unspecified atom stereocenters. The Labute approximate surface area is 146 Å². The van der Waals surface area contributed by atoms with Gasteiger partial charge in [0, 0.05) is 17.7 Å². The molecule has 0 aliphatic rings. The first kappa shape index (κ1) is 20.4. The van der Waals surface area contributed by atoms with Crippen LogP contribution in [-0.2, 0) is 20.4 Å². The van der Waals surface area contributed by atoms with E-state index in [0.717, 1.165) is 24.3 Å². The Morgan fingerprint density at radius 1 is 1.24 bits per heavy atom. The van der Waals surface area contributed by atoms with Crippen molar-refractivity contribution in [2.45, 2.75) is 39.3 Å². The Bertz CT molecular complexity index is 730. The average molecular weight is 373 g/mol. The molecule has 1 aromatic rings. The van der Waals surface area contributed by atoms with Crippen LogP contribution in [0.4, 0.5) is 16.2 Å². The average Bonchev–Trinajstić information content (AvgIpc) is 2.45. The molecule has 1 rings (SSSR count). The molecule has 0 aliphatic carbocycles. The molecule has 0 fully saturated rings. The molecule has 11 heteroatoms. The number of nitrogens with one attached hydrogen (secondary N) is 1. The maximum Gasteiger partial charge on any atom is 0.408 e. The first-order chi connectivity index (χ1) is 11.4. The molecule has 0 heterocycles. The fourth-order valence-corrected chi connectivity index (χ4v) is 2.38. The van der Waals surface area contributed by atoms with Gasteiger partial charge in [-0.25, -0.2) is 17.5 Å². The van der Waals surface area contributed by atoms with E-state index in [1.54, 1.807) is 20.8 Å². The molecule has 1 aromatic carbocycles. The van der Waals surface area contributed by atoms with Gasteiger partial charge in [-0.15, -0.1) is 0 Å². The number of rotatable bonds is 5. The Morgan fingerprint density at radius 2 is 1.76 bits per heavy atom. The SMILES string of the molecule is C[C@@H](OC(=O)NC(C)(C)C)C(=O)N(c1ccc([N+](=O)[O-])cc1)[SH](=O)=O. The molecular weight excluding hydrogens is 354 g/mol. The summed E-state index contributed by atoms with van der Waals surface area (Å²) in [6.45, 7) is 6.34. The van der Waals surface area contributed by atoms with Crippen molar-refractivity contribution in [2.75, 3.05) is 4.31 Å². The Hall–Kier alpha value is -2.69. The minimum Gasteiger partial charge on any atom is -0.436 e. The minimum absolute atomic E-state index is 0.0987. The van der Waals surface area contributed by atoms with Gasteiger partial charge in [-0.2, -0.15) is 0 Å². The molecule has 1 N–H and O–H groups in total. The highest BCUT2D eigenvalue weighted by atomic mass is 32.2. The van der Waals surface area contributed by atoms with Crippen molar-refractivity contribution in [1.82, 2.24) is 5.32 Å². The molecule has 0 saturated heterocycles. The van der Waals surface area contributed by atoms with Gasteiger partial charge in [0.25, 0.3) is 11.6 Å². The van der Waals surface area contributed by atoms with Crippen molar-refractivity contribution < 1.29 is 27.7 Å². The summed E-state index contributed by atoms with van der Waals surface area (Å²) >= 11 is 0. The zero-order valence-electron chi connectivity index (χ0n) is 14.1. The van der Waals surface area contributed by atoms with Gasteiger partial charge in [0.05, 0.1) is 10.6 Å². The molecular formula is C14H19N3O7S. The highest BCUT2D eigenvalue weighted by molar-refractivity contribution is 7.75. The quantitative estimate of drug-likeness (QED) is 0.452. The van der Waals surface area contributed by atoms with Crippen molar-refractivity contribution in [2.24, 2.45) is 0 Å². The summed E-state index contributed by atoms with van der Waals surface area (Å²) in [5.74, 6) is -1.01. The van der Waals surface area contributed by atoms with E-state index in [2.05, 4.69) is 5.32 Å². The summed E-state index contributed by atoms with van der Waals surface area (Å²) in [6, 6.07) is 4.35. The van der Waals surface area contributed by atoms with E-state index in [9.17, 15) is 28.1 Å². The smallest absolute Gasteiger partial charge is 0.408 e. The van der Waals surface area contributed by atoms with Crippen LogP contribution >= 0.6 is 0 Å². The number of nitro benzene ring substituents is 1. The number of non-ortho nitro benzene ring substituents is 1. The second-order valence-corrected chi connectivity index (χ2v) is 6.96. The van der Waals surface area contributed by atoms with Gasteiger partial charge in [-0.3, -0.25) is 14.9 Å². The number of carbonyl (C=O) groups is 2. The van der Waals surface area contributed by atoms with Crippen molar-refractivity contribution in [3.8, 4) is 0 Å². The summed E-state index contributed by atoms with van der Waals surface area (Å²) in [4.78, 5) is 34.0. The molecule has 1 atom stereocenters. The number of thiol groups is 1. The fourth-order valence-electron chi connectivity index (χ4n) is 1.74. The zero-order valence-corrected chi connectivity index (χ0v) is 15.0. The fraction of sp³-hybridized carbons (Fsp3) is 0.429. The molecule has 0 spiro atoms. The van der Waals surface area contributed by atoms with Crippen LogP contribution in [0.1, 0.15) is 27.7 Å². The van der Waals surface area contributed by atoms with Crippen LogP contribution < -0.4 is 9.62 Å². The first-order valence-electron chi connectivity index (χ1n) is 7.14. The number of alkyl carbamates (subject to hydrolysis) is 1. The number of carbonyl (C=O) groups excluding carboxylic acids is 2. The number of nitrogens with zero attached hydrogens (tertiary/aromatic N) is 2. The Kier molecular flexibility index (Phi) is 6.45. The second-order valence-electron chi connectivity index (χ2n) is 6.08. The van der Waals surface area contributed by atoms with Gasteiger partial charge in [-0.1, -0.05) is 0 Å². The normalized spacial score (nSPS) is 12.4. The van der Waals surface area contributed by atoms with Crippen LogP contribution in [0.3, 0.4) is 0 Å². The van der Waals surface area contributed by atoms with Crippen LogP contribution in [-0.4, -0.2) is 37.0 Å². The lowest BCUT2D eigenvalue weighted by molar-refractivity contribution is -0.384. The molecule has 10 nitrogen and oxygen atoms in total. The van der Waals surface area contributed by atoms with Gasteiger partial charge in [0.2, 0.25) is 10.9 Å². The summed E-state index contributed by atoms with van der Waals surface area (Å²) in [6.07, 6.45) is -2.26. The van der Waals surface area contributed by atoms with Gasteiger partial charge in [0.1, 0.15) is 0 Å². The molecule has 0 radical (unpaired) electrons. The summed E-state index contributed by atoms with van der Waals surface area (Å²) in [5, 5.41) is 13.1. The van der Waals surface area contributed by atoms with Crippen LogP contribution in [0.15, 0.2) is 24.3 Å². The van der Waals surface area contributed by atoms with Crippen molar-refractivity contribution >= 4 is 34.3 Å². The zero-order chi connectivity index (χ0) is 19.4. The molecule has 25 heavy (non-hydrogen) atoms. The third-order valence-corrected chi connectivity index (χ3v) is 3.54. The van der Waals surface area contributed by atoms with Crippen LogP contribution in [0, 0.1) is 10.1 Å². The van der Waals surface area contributed by atoms with Gasteiger partial charge >= 0.3 is 6.09 Å². The number of benzene rings is 1. The van der Waals surface area contributed by atoms with E-state index in [1.807, 2.05) is 0 Å². The largest absolute Gasteiger partial charge is 0.436 e. The molecule has 138 valence electrons. The number of ether oxygens (including phenoxy) is 1. The van der Waals surface area contributed by atoms with Gasteiger partial charge in [0.15, 0.2) is 6.10 Å². The van der Waals surface area contributed by atoms with E-state index < -0.39 is 39.5 Å². The predicted molar refractivity (Wildman–Crippen MR) is 89.7 cm³/mol. The van der Waals surface area contributed by atoms with Crippen LogP contribution in [0.2, 0.25) is 0 Å². The van der Waals surface area contributed by atoms with Crippen molar-refractivity contribution in [3.63, 3.8) is 0 Å². The van der Waals surface area contributed by atoms with E-state index in [0.29, 0.717) is 4.31 Å². The third kappa shape index (κ3) is 6.03. The maximum absolute atomic E-state index is 12.3. The number of amides is 2. The highest BCUT2D eigenvalue weighted by Crippen LogP contribution is 2.20. The second kappa shape index (κ2) is 7.92. The van der Waals surface area contributed by atoms with E-state index in [-0.39, 0.29) is 11.4 Å². The van der Waals surface area contributed by atoms with E-state index in [4.69, 9.17) is 4.74 Å². The summed E-state index contributed by atoms with van der Waals surface area (Å²) in [5.41, 5.74) is -0.953. The lowest BCUT2D eigenvalue weighted by atomic mass is 10.1. The molecule has 0 bridgehead atoms. The van der Waals surface area contributed by atoms with Crippen molar-refractivity contribution in [3.05, 3.63) is 34.4 Å². The maximum atomic E-state index is 12.3. The molecule has 0 aliphatic heterocycles. The van der Waals surface area contributed by atoms with E-state index >= 15 is 0 Å². The van der Waals surface area contributed by atoms with Crippen molar-refractivity contribution in [1.29, 1.82) is 0 Å². The van der Waals surface area contributed by atoms with Gasteiger partial charge < -0.3 is 10.1 Å². The molecule has 2 amide bonds. The summed E-state index contributed by atoms with van der Waals surface area (Å²) < 4.78 is 28.1. The standard InChI is InChI=1S/C14H19N3O7S/c1-9(24-13(19)15-14(2,3)4)12(18)16(25(22)23)10-5-7-11(8-6-10)17(20)21/h5-9,25H,1-4H3,(H,15,19)/t9-/m1/s1. The van der Waals surface area contributed by atoms with E-state index in [1.165, 1.54) is 6.92 Å². The number of anilines is 1. The topological polar surface area (TPSA) is 136 Å². The minimum atomic E-state index is -3.39. The number of nitro groups is 1. The van der Waals surface area contributed by atoms with Gasteiger partial charge in [-0.05, 0) is 39.8 Å². The lowest BCUT2D eigenvalue weighted by Gasteiger charge is -2.23. The lowest BCUT2D eigenvalue weighted by Crippen LogP contribution is -2.45. The van der Waals surface area contributed by atoms with Crippen LogP contribution in [0.5, 0.6) is 0 Å². The first-order valence-corrected chi connectivity index (χ1v) is 8.27. The Balaban J connectivity index is 2.96. The monoisotopic (exact) mass is 373 g/mol. The Morgan fingerprint density at radius 3 is 2.16 bits per heavy atom. The number of hydrogen-bond donors (Lipinski definition) is 2. The predicted octanol–water partition coefficient (Wildman–Crippen LogP) is 1.37. The number of hydrogen-bond acceptors (Lipinski definition) is 7. The van der Waals surface area contributed by atoms with Crippen LogP contribution in [0.25, 0.3) is 0 Å². The molecule has 0 saturated carbocycles. The highest BCUT2D eigenvalue weighted by Gasteiger charge is 2.28.